The van der Waals surface area contributed by atoms with Crippen molar-refractivity contribution in [1.29, 1.82) is 0 Å². The van der Waals surface area contributed by atoms with E-state index in [1.54, 1.807) is 19.2 Å². The normalized spacial score (nSPS) is 10.3. The number of hydrogen-bond acceptors (Lipinski definition) is 3. The van der Waals surface area contributed by atoms with Gasteiger partial charge in [0, 0.05) is 24.7 Å². The third-order valence-corrected chi connectivity index (χ3v) is 3.04. The molecule has 2 rings (SSSR count). The van der Waals surface area contributed by atoms with Crippen LogP contribution >= 0.6 is 0 Å². The monoisotopic (exact) mass is 275 g/mol. The molecule has 0 unspecified atom stereocenters. The van der Waals surface area contributed by atoms with Crippen LogP contribution in [-0.4, -0.2) is 14.2 Å². The summed E-state index contributed by atoms with van der Waals surface area (Å²) in [6.45, 7) is 1.12. The Bertz CT molecular complexity index is 572. The molecule has 4 heteroatoms. The van der Waals surface area contributed by atoms with Crippen LogP contribution in [0.5, 0.6) is 11.5 Å². The van der Waals surface area contributed by atoms with E-state index < -0.39 is 0 Å². The van der Waals surface area contributed by atoms with Gasteiger partial charge in [-0.15, -0.1) is 0 Å². The van der Waals surface area contributed by atoms with Crippen molar-refractivity contribution < 1.29 is 13.9 Å². The fourth-order valence-corrected chi connectivity index (χ4v) is 1.92. The van der Waals surface area contributed by atoms with Crippen molar-refractivity contribution in [2.24, 2.45) is 0 Å². The Kier molecular flexibility index (Phi) is 4.96. The molecule has 0 radical (unpaired) electrons. The molecule has 0 aliphatic carbocycles. The van der Waals surface area contributed by atoms with Gasteiger partial charge in [-0.05, 0) is 23.8 Å². The summed E-state index contributed by atoms with van der Waals surface area (Å²) in [7, 11) is 3.16. The number of methoxy groups -OCH3 is 2. The van der Waals surface area contributed by atoms with E-state index in [2.05, 4.69) is 5.32 Å². The Morgan fingerprint density at radius 3 is 2.40 bits per heavy atom. The number of halogens is 1. The minimum Gasteiger partial charge on any atom is -0.497 e. The van der Waals surface area contributed by atoms with Crippen LogP contribution in [0.25, 0.3) is 0 Å². The maximum Gasteiger partial charge on any atom is 0.131 e. The van der Waals surface area contributed by atoms with Crippen molar-refractivity contribution in [3.05, 3.63) is 59.4 Å². The molecule has 1 N–H and O–H groups in total. The van der Waals surface area contributed by atoms with Gasteiger partial charge in [0.05, 0.1) is 14.2 Å². The number of hydrogen-bond donors (Lipinski definition) is 1. The minimum absolute atomic E-state index is 0.262. The Labute approximate surface area is 118 Å². The van der Waals surface area contributed by atoms with Gasteiger partial charge in [-0.2, -0.15) is 0 Å². The summed E-state index contributed by atoms with van der Waals surface area (Å²) in [4.78, 5) is 0. The van der Waals surface area contributed by atoms with Gasteiger partial charge in [-0.3, -0.25) is 0 Å². The summed E-state index contributed by atoms with van der Waals surface area (Å²) in [6, 6.07) is 12.7. The van der Waals surface area contributed by atoms with E-state index >= 15 is 0 Å². The number of rotatable bonds is 6. The predicted molar refractivity (Wildman–Crippen MR) is 76.5 cm³/mol. The zero-order valence-electron chi connectivity index (χ0n) is 11.7. The first kappa shape index (κ1) is 14.3. The molecule has 0 aliphatic heterocycles. The summed E-state index contributed by atoms with van der Waals surface area (Å²) >= 11 is 0. The summed E-state index contributed by atoms with van der Waals surface area (Å²) in [6.07, 6.45) is 0. The molecule has 0 fully saturated rings. The van der Waals surface area contributed by atoms with Gasteiger partial charge in [0.15, 0.2) is 0 Å². The molecule has 0 saturated heterocycles. The molecule has 0 saturated carbocycles. The van der Waals surface area contributed by atoms with Crippen molar-refractivity contribution in [2.45, 2.75) is 13.1 Å². The standard InChI is InChI=1S/C16H18FNO2/c1-19-14-5-3-4-12(8-14)10-18-11-13-6-7-15(20-2)9-16(13)17/h3-9,18H,10-11H2,1-2H3. The quantitative estimate of drug-likeness (QED) is 0.878. The third-order valence-electron chi connectivity index (χ3n) is 3.04. The lowest BCUT2D eigenvalue weighted by Gasteiger charge is -2.08. The second-order valence-corrected chi connectivity index (χ2v) is 4.41. The molecule has 3 nitrogen and oxygen atoms in total. The van der Waals surface area contributed by atoms with Gasteiger partial charge in [-0.1, -0.05) is 18.2 Å². The Hall–Kier alpha value is -2.07. The lowest BCUT2D eigenvalue weighted by molar-refractivity contribution is 0.410. The summed E-state index contributed by atoms with van der Waals surface area (Å²) in [5.41, 5.74) is 1.71. The van der Waals surface area contributed by atoms with Crippen LogP contribution in [0, 0.1) is 5.82 Å². The Morgan fingerprint density at radius 1 is 0.950 bits per heavy atom. The van der Waals surface area contributed by atoms with Crippen LogP contribution in [0.15, 0.2) is 42.5 Å². The largest absolute Gasteiger partial charge is 0.497 e. The van der Waals surface area contributed by atoms with E-state index in [1.165, 1.54) is 13.2 Å². The lowest BCUT2D eigenvalue weighted by Crippen LogP contribution is -2.13. The predicted octanol–water partition coefficient (Wildman–Crippen LogP) is 3.13. The smallest absolute Gasteiger partial charge is 0.131 e. The van der Waals surface area contributed by atoms with Gasteiger partial charge in [-0.25, -0.2) is 4.39 Å². The van der Waals surface area contributed by atoms with E-state index in [-0.39, 0.29) is 5.82 Å². The fraction of sp³-hybridized carbons (Fsp3) is 0.250. The molecule has 0 heterocycles. The van der Waals surface area contributed by atoms with Gasteiger partial charge < -0.3 is 14.8 Å². The maximum atomic E-state index is 13.7. The molecular formula is C16H18FNO2. The molecule has 106 valence electrons. The molecule has 0 bridgehead atoms. The maximum absolute atomic E-state index is 13.7. The topological polar surface area (TPSA) is 30.5 Å². The van der Waals surface area contributed by atoms with E-state index in [4.69, 9.17) is 9.47 Å². The number of nitrogens with one attached hydrogen (secondary N) is 1. The molecule has 0 aromatic heterocycles. The summed E-state index contributed by atoms with van der Waals surface area (Å²) in [5, 5.41) is 3.21. The molecule has 0 aliphatic rings. The van der Waals surface area contributed by atoms with Gasteiger partial charge >= 0.3 is 0 Å². The second kappa shape index (κ2) is 6.91. The highest BCUT2D eigenvalue weighted by atomic mass is 19.1. The molecule has 2 aromatic carbocycles. The SMILES string of the molecule is COc1cccc(CNCc2ccc(OC)cc2F)c1. The van der Waals surface area contributed by atoms with Crippen molar-refractivity contribution in [3.63, 3.8) is 0 Å². The molecule has 0 amide bonds. The lowest BCUT2D eigenvalue weighted by atomic mass is 10.2. The number of benzene rings is 2. The van der Waals surface area contributed by atoms with Crippen LogP contribution in [0.4, 0.5) is 4.39 Å². The zero-order chi connectivity index (χ0) is 14.4. The van der Waals surface area contributed by atoms with Crippen molar-refractivity contribution in [3.8, 4) is 11.5 Å². The second-order valence-electron chi connectivity index (χ2n) is 4.41. The molecule has 0 spiro atoms. The van der Waals surface area contributed by atoms with Crippen LogP contribution in [0.3, 0.4) is 0 Å². The molecular weight excluding hydrogens is 257 g/mol. The summed E-state index contributed by atoms with van der Waals surface area (Å²) in [5.74, 6) is 1.08. The molecule has 20 heavy (non-hydrogen) atoms. The van der Waals surface area contributed by atoms with Crippen LogP contribution in [0.1, 0.15) is 11.1 Å². The van der Waals surface area contributed by atoms with E-state index in [0.29, 0.717) is 24.4 Å². The van der Waals surface area contributed by atoms with Gasteiger partial charge in [0.25, 0.3) is 0 Å². The first-order chi connectivity index (χ1) is 9.72. The van der Waals surface area contributed by atoms with Crippen molar-refractivity contribution >= 4 is 0 Å². The third kappa shape index (κ3) is 3.71. The first-order valence-corrected chi connectivity index (χ1v) is 6.39. The summed E-state index contributed by atoms with van der Waals surface area (Å²) < 4.78 is 23.9. The minimum atomic E-state index is -0.262. The highest BCUT2D eigenvalue weighted by Crippen LogP contribution is 2.16. The fourth-order valence-electron chi connectivity index (χ4n) is 1.92. The average Bonchev–Trinajstić information content (AvgIpc) is 2.49. The van der Waals surface area contributed by atoms with Crippen molar-refractivity contribution in [1.82, 2.24) is 5.32 Å². The Morgan fingerprint density at radius 2 is 1.70 bits per heavy atom. The molecule has 2 aromatic rings. The first-order valence-electron chi connectivity index (χ1n) is 6.39. The van der Waals surface area contributed by atoms with E-state index in [1.807, 2.05) is 24.3 Å². The highest BCUT2D eigenvalue weighted by Gasteiger charge is 2.04. The van der Waals surface area contributed by atoms with E-state index in [9.17, 15) is 4.39 Å². The zero-order valence-corrected chi connectivity index (χ0v) is 11.7. The van der Waals surface area contributed by atoms with Crippen LogP contribution in [0.2, 0.25) is 0 Å². The van der Waals surface area contributed by atoms with Crippen LogP contribution in [-0.2, 0) is 13.1 Å². The van der Waals surface area contributed by atoms with Gasteiger partial charge in [0.1, 0.15) is 17.3 Å². The van der Waals surface area contributed by atoms with E-state index in [0.717, 1.165) is 11.3 Å². The number of ether oxygens (including phenoxy) is 2. The highest BCUT2D eigenvalue weighted by molar-refractivity contribution is 5.30. The van der Waals surface area contributed by atoms with Crippen molar-refractivity contribution in [2.75, 3.05) is 14.2 Å². The molecule has 0 atom stereocenters. The van der Waals surface area contributed by atoms with Crippen LogP contribution < -0.4 is 14.8 Å². The average molecular weight is 275 g/mol. The van der Waals surface area contributed by atoms with Gasteiger partial charge in [0.2, 0.25) is 0 Å². The Balaban J connectivity index is 1.92.